The summed E-state index contributed by atoms with van der Waals surface area (Å²) < 4.78 is 62.8. The van der Waals surface area contributed by atoms with Crippen molar-refractivity contribution >= 4 is 10.1 Å². The van der Waals surface area contributed by atoms with Gasteiger partial charge < -0.3 is 4.18 Å². The van der Waals surface area contributed by atoms with Crippen LogP contribution in [0.1, 0.15) is 33.6 Å². The van der Waals surface area contributed by atoms with Crippen molar-refractivity contribution in [1.82, 2.24) is 0 Å². The fourth-order valence-corrected chi connectivity index (χ4v) is 2.42. The molecule has 0 saturated heterocycles. The van der Waals surface area contributed by atoms with Crippen molar-refractivity contribution < 1.29 is 25.8 Å². The van der Waals surface area contributed by atoms with Crippen LogP contribution in [0.25, 0.3) is 0 Å². The fraction of sp³-hybridized carbons (Fsp3) is 0.818. The van der Waals surface area contributed by atoms with E-state index < -0.39 is 15.6 Å². The van der Waals surface area contributed by atoms with Crippen LogP contribution in [0.15, 0.2) is 11.8 Å². The van der Waals surface area contributed by atoms with Crippen LogP contribution in [-0.4, -0.2) is 13.9 Å². The zero-order valence-electron chi connectivity index (χ0n) is 10.5. The van der Waals surface area contributed by atoms with Crippen molar-refractivity contribution in [2.24, 2.45) is 17.8 Å². The smallest absolute Gasteiger partial charge is 0.381 e. The molecule has 0 radical (unpaired) electrons. The normalized spacial score (nSPS) is 26.1. The zero-order chi connectivity index (χ0) is 14.1. The highest BCUT2D eigenvalue weighted by Gasteiger charge is 2.49. The second-order valence-electron chi connectivity index (χ2n) is 4.94. The van der Waals surface area contributed by atoms with Gasteiger partial charge in [0.05, 0.1) is 0 Å². The third kappa shape index (κ3) is 3.40. The highest BCUT2D eigenvalue weighted by atomic mass is 32.2. The van der Waals surface area contributed by atoms with Gasteiger partial charge in [-0.15, -0.1) is 0 Å². The quantitative estimate of drug-likeness (QED) is 0.589. The lowest BCUT2D eigenvalue weighted by atomic mass is 9.82. The first-order chi connectivity index (χ1) is 8.04. The third-order valence-corrected chi connectivity index (χ3v) is 4.12. The van der Waals surface area contributed by atoms with E-state index in [0.29, 0.717) is 6.42 Å². The van der Waals surface area contributed by atoms with E-state index in [1.165, 1.54) is 6.08 Å². The predicted molar refractivity (Wildman–Crippen MR) is 60.9 cm³/mol. The van der Waals surface area contributed by atoms with Gasteiger partial charge in [0.15, 0.2) is 0 Å². The Balaban J connectivity index is 2.95. The molecule has 106 valence electrons. The Kier molecular flexibility index (Phi) is 4.35. The Morgan fingerprint density at radius 3 is 2.33 bits per heavy atom. The highest BCUT2D eigenvalue weighted by molar-refractivity contribution is 7.87. The van der Waals surface area contributed by atoms with Crippen molar-refractivity contribution in [3.05, 3.63) is 11.8 Å². The van der Waals surface area contributed by atoms with Gasteiger partial charge in [0, 0.05) is 5.92 Å². The summed E-state index contributed by atoms with van der Waals surface area (Å²) in [4.78, 5) is 0. The molecule has 0 unspecified atom stereocenters. The molecule has 0 aromatic rings. The van der Waals surface area contributed by atoms with Gasteiger partial charge in [-0.05, 0) is 30.8 Å². The summed E-state index contributed by atoms with van der Waals surface area (Å²) in [6.45, 7) is 5.54. The summed E-state index contributed by atoms with van der Waals surface area (Å²) in [5.41, 5.74) is -5.38. The van der Waals surface area contributed by atoms with Crippen LogP contribution in [0.2, 0.25) is 0 Å². The Labute approximate surface area is 105 Å². The molecule has 7 heteroatoms. The van der Waals surface area contributed by atoms with Crippen molar-refractivity contribution in [1.29, 1.82) is 0 Å². The van der Waals surface area contributed by atoms with Gasteiger partial charge in [-0.1, -0.05) is 20.8 Å². The number of rotatable bonds is 3. The molecule has 0 heterocycles. The van der Waals surface area contributed by atoms with Gasteiger partial charge in [0.25, 0.3) is 0 Å². The molecule has 0 amide bonds. The minimum atomic E-state index is -5.55. The molecular formula is C11H17F3O3S. The number of hydrogen-bond donors (Lipinski definition) is 0. The largest absolute Gasteiger partial charge is 0.534 e. The second-order valence-corrected chi connectivity index (χ2v) is 6.48. The van der Waals surface area contributed by atoms with Crippen LogP contribution >= 0.6 is 0 Å². The van der Waals surface area contributed by atoms with E-state index in [2.05, 4.69) is 4.18 Å². The van der Waals surface area contributed by atoms with Gasteiger partial charge in [-0.3, -0.25) is 0 Å². The molecule has 0 aromatic carbocycles. The van der Waals surface area contributed by atoms with E-state index in [9.17, 15) is 21.6 Å². The van der Waals surface area contributed by atoms with E-state index in [1.807, 2.05) is 13.8 Å². The molecular weight excluding hydrogens is 269 g/mol. The topological polar surface area (TPSA) is 43.4 Å². The lowest BCUT2D eigenvalue weighted by Gasteiger charge is -2.28. The molecule has 1 rings (SSSR count). The molecule has 1 aliphatic rings. The maximum absolute atomic E-state index is 12.2. The minimum Gasteiger partial charge on any atom is -0.381 e. The molecule has 1 aliphatic carbocycles. The highest BCUT2D eigenvalue weighted by Crippen LogP contribution is 2.36. The second kappa shape index (κ2) is 5.11. The number of allylic oxidation sites excluding steroid dienone is 2. The van der Waals surface area contributed by atoms with E-state index in [1.54, 1.807) is 6.92 Å². The first kappa shape index (κ1) is 15.3. The Bertz CT molecular complexity index is 423. The summed E-state index contributed by atoms with van der Waals surface area (Å²) in [6.07, 6.45) is 2.97. The van der Waals surface area contributed by atoms with Gasteiger partial charge in [-0.25, -0.2) is 0 Å². The van der Waals surface area contributed by atoms with E-state index in [-0.39, 0.29) is 23.5 Å². The van der Waals surface area contributed by atoms with Crippen molar-refractivity contribution in [2.45, 2.75) is 39.1 Å². The van der Waals surface area contributed by atoms with Crippen LogP contribution in [0.3, 0.4) is 0 Å². The van der Waals surface area contributed by atoms with E-state index >= 15 is 0 Å². The Morgan fingerprint density at radius 2 is 1.89 bits per heavy atom. The third-order valence-electron chi connectivity index (χ3n) is 3.14. The maximum Gasteiger partial charge on any atom is 0.534 e. The van der Waals surface area contributed by atoms with Crippen molar-refractivity contribution in [3.63, 3.8) is 0 Å². The lowest BCUT2D eigenvalue weighted by Crippen LogP contribution is -2.28. The van der Waals surface area contributed by atoms with Gasteiger partial charge in [-0.2, -0.15) is 21.6 Å². The summed E-state index contributed by atoms with van der Waals surface area (Å²) in [5, 5.41) is 0. The Morgan fingerprint density at radius 1 is 1.33 bits per heavy atom. The predicted octanol–water partition coefficient (Wildman–Crippen LogP) is 3.44. The van der Waals surface area contributed by atoms with Crippen LogP contribution in [0, 0.1) is 17.8 Å². The van der Waals surface area contributed by atoms with E-state index in [0.717, 1.165) is 6.42 Å². The maximum atomic E-state index is 12.2. The molecule has 0 N–H and O–H groups in total. The van der Waals surface area contributed by atoms with Crippen LogP contribution < -0.4 is 0 Å². The Hall–Kier alpha value is -0.720. The SMILES string of the molecule is CC(C)[C@H]1C=C(OS(=O)(=O)C(F)(F)F)[C@H](C)CC1. The first-order valence-electron chi connectivity index (χ1n) is 5.77. The van der Waals surface area contributed by atoms with Crippen molar-refractivity contribution in [2.75, 3.05) is 0 Å². The average Bonchev–Trinajstić information content (AvgIpc) is 2.18. The molecule has 3 nitrogen and oxygen atoms in total. The molecule has 18 heavy (non-hydrogen) atoms. The molecule has 0 aliphatic heterocycles. The molecule has 0 fully saturated rings. The summed E-state index contributed by atoms with van der Waals surface area (Å²) in [5.74, 6) is -0.0984. The lowest BCUT2D eigenvalue weighted by molar-refractivity contribution is -0.0528. The fourth-order valence-electron chi connectivity index (χ4n) is 1.85. The number of alkyl halides is 3. The molecule has 0 saturated carbocycles. The summed E-state index contributed by atoms with van der Waals surface area (Å²) >= 11 is 0. The average molecular weight is 286 g/mol. The van der Waals surface area contributed by atoms with E-state index in [4.69, 9.17) is 0 Å². The number of halogens is 3. The van der Waals surface area contributed by atoms with Crippen molar-refractivity contribution in [3.8, 4) is 0 Å². The van der Waals surface area contributed by atoms with Gasteiger partial charge in [0.2, 0.25) is 0 Å². The minimum absolute atomic E-state index is 0.0552. The summed E-state index contributed by atoms with van der Waals surface area (Å²) in [6, 6.07) is 0. The summed E-state index contributed by atoms with van der Waals surface area (Å²) in [7, 11) is -5.55. The monoisotopic (exact) mass is 286 g/mol. The molecule has 0 bridgehead atoms. The first-order valence-corrected chi connectivity index (χ1v) is 7.18. The number of hydrogen-bond acceptors (Lipinski definition) is 3. The van der Waals surface area contributed by atoms with Crippen LogP contribution in [-0.2, 0) is 14.3 Å². The zero-order valence-corrected chi connectivity index (χ0v) is 11.3. The molecule has 2 atom stereocenters. The van der Waals surface area contributed by atoms with Gasteiger partial charge in [0.1, 0.15) is 5.76 Å². The molecule has 0 aromatic heterocycles. The van der Waals surface area contributed by atoms with Crippen LogP contribution in [0.5, 0.6) is 0 Å². The van der Waals surface area contributed by atoms with Crippen LogP contribution in [0.4, 0.5) is 13.2 Å². The standard InChI is InChI=1S/C11H17F3O3S/c1-7(2)9-5-4-8(3)10(6-9)17-18(15,16)11(12,13)14/h6-9H,4-5H2,1-3H3/t8-,9-/m1/s1. The van der Waals surface area contributed by atoms with Gasteiger partial charge >= 0.3 is 15.6 Å². The molecule has 0 spiro atoms.